The number of nitrogens with one attached hydrogen (secondary N) is 1. The third-order valence-corrected chi connectivity index (χ3v) is 3.14. The van der Waals surface area contributed by atoms with Crippen LogP contribution in [-0.2, 0) is 20.7 Å². The van der Waals surface area contributed by atoms with Gasteiger partial charge in [-0.2, -0.15) is 0 Å². The van der Waals surface area contributed by atoms with Crippen molar-refractivity contribution in [2.75, 3.05) is 26.1 Å². The minimum atomic E-state index is -0.483. The van der Waals surface area contributed by atoms with Gasteiger partial charge in [-0.05, 0) is 24.1 Å². The zero-order valence-electron chi connectivity index (χ0n) is 13.4. The molecule has 24 heavy (non-hydrogen) atoms. The number of hydrogen-bond acceptors (Lipinski definition) is 7. The van der Waals surface area contributed by atoms with Crippen LogP contribution in [0.5, 0.6) is 11.5 Å². The van der Waals surface area contributed by atoms with Crippen LogP contribution in [0.4, 0.5) is 5.82 Å². The van der Waals surface area contributed by atoms with E-state index in [2.05, 4.69) is 15.0 Å². The SMILES string of the molecule is COc1ccc(CCC(=O)OCC(=O)Nc2ccon2)cc1OC. The number of aryl methyl sites for hydroxylation is 1. The van der Waals surface area contributed by atoms with Gasteiger partial charge in [0.1, 0.15) is 6.26 Å². The van der Waals surface area contributed by atoms with Gasteiger partial charge in [0.15, 0.2) is 23.9 Å². The minimum absolute atomic E-state index is 0.146. The molecule has 1 N–H and O–H groups in total. The highest BCUT2D eigenvalue weighted by atomic mass is 16.5. The van der Waals surface area contributed by atoms with E-state index in [4.69, 9.17) is 14.2 Å². The quantitative estimate of drug-likeness (QED) is 0.735. The van der Waals surface area contributed by atoms with E-state index in [-0.39, 0.29) is 18.8 Å². The molecule has 0 saturated heterocycles. The standard InChI is InChI=1S/C16H18N2O6/c1-21-12-5-3-11(9-13(12)22-2)4-6-16(20)23-10-15(19)17-14-7-8-24-18-14/h3,5,7-9H,4,6,10H2,1-2H3,(H,17,18,19). The van der Waals surface area contributed by atoms with Gasteiger partial charge in [-0.1, -0.05) is 11.2 Å². The van der Waals surface area contributed by atoms with Crippen molar-refractivity contribution in [3.05, 3.63) is 36.1 Å². The van der Waals surface area contributed by atoms with E-state index in [0.717, 1.165) is 5.56 Å². The Morgan fingerprint density at radius 3 is 2.62 bits per heavy atom. The van der Waals surface area contributed by atoms with Crippen molar-refractivity contribution < 1.29 is 28.3 Å². The molecular weight excluding hydrogens is 316 g/mol. The summed E-state index contributed by atoms with van der Waals surface area (Å²) >= 11 is 0. The largest absolute Gasteiger partial charge is 0.493 e. The van der Waals surface area contributed by atoms with E-state index < -0.39 is 11.9 Å². The summed E-state index contributed by atoms with van der Waals surface area (Å²) in [5, 5.41) is 5.95. The molecule has 0 bridgehead atoms. The van der Waals surface area contributed by atoms with Crippen molar-refractivity contribution in [2.45, 2.75) is 12.8 Å². The summed E-state index contributed by atoms with van der Waals surface area (Å²) in [4.78, 5) is 23.3. The number of hydrogen-bond donors (Lipinski definition) is 1. The van der Waals surface area contributed by atoms with E-state index in [1.807, 2.05) is 6.07 Å². The molecule has 0 radical (unpaired) electrons. The number of ether oxygens (including phenoxy) is 3. The molecule has 8 heteroatoms. The van der Waals surface area contributed by atoms with Crippen LogP contribution in [0.15, 0.2) is 35.1 Å². The molecule has 1 amide bonds. The van der Waals surface area contributed by atoms with Gasteiger partial charge in [-0.3, -0.25) is 9.59 Å². The normalized spacial score (nSPS) is 10.1. The molecule has 0 atom stereocenters. The fourth-order valence-electron chi connectivity index (χ4n) is 1.96. The van der Waals surface area contributed by atoms with Crippen LogP contribution in [-0.4, -0.2) is 37.9 Å². The first-order valence-electron chi connectivity index (χ1n) is 7.19. The first kappa shape index (κ1) is 17.3. The highest BCUT2D eigenvalue weighted by Crippen LogP contribution is 2.27. The molecule has 2 rings (SSSR count). The summed E-state index contributed by atoms with van der Waals surface area (Å²) in [6.07, 6.45) is 1.93. The molecule has 0 aliphatic carbocycles. The third kappa shape index (κ3) is 5.01. The van der Waals surface area contributed by atoms with Crippen molar-refractivity contribution in [2.24, 2.45) is 0 Å². The molecular formula is C16H18N2O6. The highest BCUT2D eigenvalue weighted by molar-refractivity contribution is 5.91. The smallest absolute Gasteiger partial charge is 0.306 e. The van der Waals surface area contributed by atoms with Crippen LogP contribution in [0.3, 0.4) is 0 Å². The first-order valence-corrected chi connectivity index (χ1v) is 7.19. The summed E-state index contributed by atoms with van der Waals surface area (Å²) in [7, 11) is 3.10. The number of methoxy groups -OCH3 is 2. The monoisotopic (exact) mass is 334 g/mol. The molecule has 1 aromatic carbocycles. The third-order valence-electron chi connectivity index (χ3n) is 3.14. The number of nitrogens with zero attached hydrogens (tertiary/aromatic N) is 1. The zero-order chi connectivity index (χ0) is 17.4. The van der Waals surface area contributed by atoms with Gasteiger partial charge in [0.2, 0.25) is 0 Å². The number of esters is 1. The number of carbonyl (C=O) groups excluding carboxylic acids is 2. The Balaban J connectivity index is 1.75. The minimum Gasteiger partial charge on any atom is -0.493 e. The van der Waals surface area contributed by atoms with Gasteiger partial charge < -0.3 is 24.1 Å². The fraction of sp³-hybridized carbons (Fsp3) is 0.312. The highest BCUT2D eigenvalue weighted by Gasteiger charge is 2.10. The number of carbonyl (C=O) groups is 2. The van der Waals surface area contributed by atoms with Gasteiger partial charge in [-0.15, -0.1) is 0 Å². The Labute approximate surface area is 138 Å². The molecule has 2 aromatic rings. The van der Waals surface area contributed by atoms with E-state index in [0.29, 0.717) is 17.9 Å². The molecule has 1 heterocycles. The Morgan fingerprint density at radius 1 is 1.17 bits per heavy atom. The molecule has 128 valence electrons. The molecule has 0 fully saturated rings. The van der Waals surface area contributed by atoms with Crippen LogP contribution in [0.2, 0.25) is 0 Å². The summed E-state index contributed by atoms with van der Waals surface area (Å²) in [6.45, 7) is -0.377. The molecule has 0 aliphatic heterocycles. The van der Waals surface area contributed by atoms with Crippen LogP contribution in [0.25, 0.3) is 0 Å². The molecule has 0 unspecified atom stereocenters. The molecule has 0 spiro atoms. The number of rotatable bonds is 8. The lowest BCUT2D eigenvalue weighted by atomic mass is 10.1. The predicted octanol–water partition coefficient (Wildman–Crippen LogP) is 1.81. The molecule has 0 aliphatic rings. The van der Waals surface area contributed by atoms with E-state index >= 15 is 0 Å². The van der Waals surface area contributed by atoms with Crippen molar-refractivity contribution in [1.29, 1.82) is 0 Å². The Hall–Kier alpha value is -3.03. The summed E-state index contributed by atoms with van der Waals surface area (Å²) in [5.74, 6) is 0.522. The van der Waals surface area contributed by atoms with E-state index in [9.17, 15) is 9.59 Å². The van der Waals surface area contributed by atoms with Crippen LogP contribution < -0.4 is 14.8 Å². The number of aromatic nitrogens is 1. The average Bonchev–Trinajstić information content (AvgIpc) is 3.10. The molecule has 1 aromatic heterocycles. The maximum absolute atomic E-state index is 11.7. The predicted molar refractivity (Wildman–Crippen MR) is 84.0 cm³/mol. The lowest BCUT2D eigenvalue weighted by Gasteiger charge is -2.09. The van der Waals surface area contributed by atoms with E-state index in [1.54, 1.807) is 26.4 Å². The van der Waals surface area contributed by atoms with E-state index in [1.165, 1.54) is 12.3 Å². The summed E-state index contributed by atoms with van der Waals surface area (Å²) in [5.41, 5.74) is 0.900. The van der Waals surface area contributed by atoms with Crippen molar-refractivity contribution in [3.8, 4) is 11.5 Å². The van der Waals surface area contributed by atoms with Gasteiger partial charge >= 0.3 is 5.97 Å². The second-order valence-electron chi connectivity index (χ2n) is 4.78. The Bertz CT molecular complexity index is 684. The number of benzene rings is 1. The topological polar surface area (TPSA) is 99.9 Å². The van der Waals surface area contributed by atoms with Crippen LogP contribution in [0, 0.1) is 0 Å². The van der Waals surface area contributed by atoms with Crippen molar-refractivity contribution in [3.63, 3.8) is 0 Å². The van der Waals surface area contributed by atoms with Gasteiger partial charge in [0, 0.05) is 12.5 Å². The average molecular weight is 334 g/mol. The number of anilines is 1. The Morgan fingerprint density at radius 2 is 1.96 bits per heavy atom. The van der Waals surface area contributed by atoms with Crippen molar-refractivity contribution >= 4 is 17.7 Å². The van der Waals surface area contributed by atoms with Gasteiger partial charge in [0.25, 0.3) is 5.91 Å². The van der Waals surface area contributed by atoms with Crippen molar-refractivity contribution in [1.82, 2.24) is 5.16 Å². The van der Waals surface area contributed by atoms with Crippen LogP contribution >= 0.6 is 0 Å². The maximum Gasteiger partial charge on any atom is 0.306 e. The zero-order valence-corrected chi connectivity index (χ0v) is 13.4. The Kier molecular flexibility index (Phi) is 6.18. The van der Waals surface area contributed by atoms with Crippen LogP contribution in [0.1, 0.15) is 12.0 Å². The second kappa shape index (κ2) is 8.56. The fourth-order valence-corrected chi connectivity index (χ4v) is 1.96. The second-order valence-corrected chi connectivity index (χ2v) is 4.78. The maximum atomic E-state index is 11.7. The summed E-state index contributed by atoms with van der Waals surface area (Å²) in [6, 6.07) is 6.89. The molecule has 0 saturated carbocycles. The lowest BCUT2D eigenvalue weighted by Crippen LogP contribution is -2.21. The number of amides is 1. The van der Waals surface area contributed by atoms with Gasteiger partial charge in [-0.25, -0.2) is 0 Å². The molecule has 8 nitrogen and oxygen atoms in total. The first-order chi connectivity index (χ1) is 11.6. The lowest BCUT2D eigenvalue weighted by molar-refractivity contribution is -0.147. The summed E-state index contributed by atoms with van der Waals surface area (Å²) < 4.78 is 19.8. The van der Waals surface area contributed by atoms with Gasteiger partial charge in [0.05, 0.1) is 14.2 Å².